The van der Waals surface area contributed by atoms with Gasteiger partial charge in [-0.25, -0.2) is 4.79 Å². The fraction of sp³-hybridized carbons (Fsp3) is 0.667. The Bertz CT molecular complexity index is 843. The summed E-state index contributed by atoms with van der Waals surface area (Å²) in [6, 6.07) is 0. The second-order valence-electron chi connectivity index (χ2n) is 8.67. The number of aliphatic hydroxyl groups excluding tert-OH is 1. The van der Waals surface area contributed by atoms with Crippen LogP contribution in [0.1, 0.15) is 34.1 Å². The maximum atomic E-state index is 12.7. The molecule has 3 heterocycles. The molecule has 0 amide bonds. The van der Waals surface area contributed by atoms with Gasteiger partial charge in [-0.15, -0.1) is 0 Å². The molecule has 3 aliphatic heterocycles. The molecule has 4 rings (SSSR count). The smallest absolute Gasteiger partial charge is 0.338 e. The van der Waals surface area contributed by atoms with E-state index in [-0.39, 0.29) is 31.3 Å². The van der Waals surface area contributed by atoms with Gasteiger partial charge in [0.25, 0.3) is 0 Å². The lowest BCUT2D eigenvalue weighted by atomic mass is 9.85. The third-order valence-corrected chi connectivity index (χ3v) is 6.02. The molecule has 0 bridgehead atoms. The van der Waals surface area contributed by atoms with E-state index < -0.39 is 53.3 Å². The number of fused-ring (bicyclic) bond motifs is 4. The lowest BCUT2D eigenvalue weighted by Crippen LogP contribution is -2.38. The van der Waals surface area contributed by atoms with E-state index in [2.05, 4.69) is 0 Å². The van der Waals surface area contributed by atoms with E-state index in [0.29, 0.717) is 5.57 Å². The van der Waals surface area contributed by atoms with Gasteiger partial charge in [0, 0.05) is 18.9 Å². The molecule has 6 atom stereocenters. The lowest BCUT2D eigenvalue weighted by Gasteiger charge is -2.26. The van der Waals surface area contributed by atoms with Crippen LogP contribution in [-0.2, 0) is 38.1 Å². The van der Waals surface area contributed by atoms with Crippen LogP contribution < -0.4 is 0 Å². The number of epoxide rings is 2. The van der Waals surface area contributed by atoms with Crippen LogP contribution >= 0.6 is 0 Å². The summed E-state index contributed by atoms with van der Waals surface area (Å²) < 4.78 is 28.0. The van der Waals surface area contributed by atoms with Crippen molar-refractivity contribution in [3.63, 3.8) is 0 Å². The van der Waals surface area contributed by atoms with Crippen LogP contribution in [0.25, 0.3) is 0 Å². The summed E-state index contributed by atoms with van der Waals surface area (Å²) in [5.74, 6) is -2.07. The number of rotatable bonds is 5. The van der Waals surface area contributed by atoms with E-state index in [1.54, 1.807) is 13.8 Å². The van der Waals surface area contributed by atoms with E-state index in [1.807, 2.05) is 19.1 Å². The Morgan fingerprint density at radius 2 is 2.07 bits per heavy atom. The first-order valence-corrected chi connectivity index (χ1v) is 10.0. The molecule has 0 radical (unpaired) electrons. The summed E-state index contributed by atoms with van der Waals surface area (Å²) >= 11 is 0. The van der Waals surface area contributed by atoms with Gasteiger partial charge in [-0.1, -0.05) is 26.0 Å². The van der Waals surface area contributed by atoms with Crippen LogP contribution in [0.15, 0.2) is 23.3 Å². The largest absolute Gasteiger partial charge is 0.461 e. The highest BCUT2D eigenvalue weighted by Gasteiger charge is 2.64. The van der Waals surface area contributed by atoms with Crippen molar-refractivity contribution in [1.82, 2.24) is 0 Å². The van der Waals surface area contributed by atoms with Crippen LogP contribution in [0.5, 0.6) is 0 Å². The number of carbonyl (C=O) groups is 3. The molecule has 0 saturated carbocycles. The number of esters is 3. The van der Waals surface area contributed by atoms with Crippen molar-refractivity contribution in [3.05, 3.63) is 23.3 Å². The van der Waals surface area contributed by atoms with Crippen LogP contribution in [0.4, 0.5) is 0 Å². The van der Waals surface area contributed by atoms with Crippen LogP contribution in [0.2, 0.25) is 0 Å². The Kier molecular flexibility index (Phi) is 5.03. The number of ether oxygens (including phenoxy) is 5. The van der Waals surface area contributed by atoms with Gasteiger partial charge in [-0.3, -0.25) is 9.59 Å². The van der Waals surface area contributed by atoms with Crippen molar-refractivity contribution in [2.45, 2.75) is 69.7 Å². The third kappa shape index (κ3) is 3.55. The van der Waals surface area contributed by atoms with Crippen LogP contribution in [-0.4, -0.2) is 71.8 Å². The monoisotopic (exact) mass is 422 g/mol. The van der Waals surface area contributed by atoms with Gasteiger partial charge in [0.2, 0.25) is 0 Å². The van der Waals surface area contributed by atoms with E-state index in [4.69, 9.17) is 23.7 Å². The lowest BCUT2D eigenvalue weighted by molar-refractivity contribution is -0.152. The van der Waals surface area contributed by atoms with Crippen molar-refractivity contribution < 1.29 is 43.2 Å². The molecule has 2 fully saturated rings. The van der Waals surface area contributed by atoms with E-state index in [0.717, 1.165) is 0 Å². The summed E-state index contributed by atoms with van der Waals surface area (Å²) in [5.41, 5.74) is -1.10. The fourth-order valence-corrected chi connectivity index (χ4v) is 4.07. The first-order valence-electron chi connectivity index (χ1n) is 10.0. The molecular weight excluding hydrogens is 396 g/mol. The zero-order valence-corrected chi connectivity index (χ0v) is 17.4. The zero-order chi connectivity index (χ0) is 21.8. The van der Waals surface area contributed by atoms with Gasteiger partial charge in [0.1, 0.15) is 36.1 Å². The minimum Gasteiger partial charge on any atom is -0.461 e. The minimum atomic E-state index is -0.938. The Morgan fingerprint density at radius 1 is 1.33 bits per heavy atom. The minimum absolute atomic E-state index is 0.129. The highest BCUT2D eigenvalue weighted by Crippen LogP contribution is 2.51. The summed E-state index contributed by atoms with van der Waals surface area (Å²) in [6.07, 6.45) is 1.26. The molecule has 1 N–H and O–H groups in total. The van der Waals surface area contributed by atoms with Gasteiger partial charge in [-0.05, 0) is 6.92 Å². The van der Waals surface area contributed by atoms with Crippen molar-refractivity contribution in [3.8, 4) is 0 Å². The summed E-state index contributed by atoms with van der Waals surface area (Å²) in [4.78, 5) is 36.5. The molecule has 9 heteroatoms. The highest BCUT2D eigenvalue weighted by molar-refractivity contribution is 5.93. The Labute approximate surface area is 173 Å². The molecular formula is C21H26O9. The van der Waals surface area contributed by atoms with Gasteiger partial charge in [-0.2, -0.15) is 0 Å². The van der Waals surface area contributed by atoms with E-state index in [9.17, 15) is 19.5 Å². The van der Waals surface area contributed by atoms with Gasteiger partial charge >= 0.3 is 17.9 Å². The van der Waals surface area contributed by atoms with Gasteiger partial charge < -0.3 is 28.8 Å². The van der Waals surface area contributed by atoms with Crippen molar-refractivity contribution >= 4 is 17.9 Å². The molecule has 1 unspecified atom stereocenters. The number of hydrogen-bond donors (Lipinski definition) is 1. The van der Waals surface area contributed by atoms with Crippen molar-refractivity contribution in [2.24, 2.45) is 5.92 Å². The molecule has 4 aliphatic rings. The molecule has 164 valence electrons. The predicted octanol–water partition coefficient (Wildman–Crippen LogP) is 0.587. The summed E-state index contributed by atoms with van der Waals surface area (Å²) in [5, 5.41) is 9.99. The van der Waals surface area contributed by atoms with E-state index in [1.165, 1.54) is 6.92 Å². The SMILES string of the molecule is CC(=O)OCC1=C2C(OC(=O)C(C)C)C[C@@]3(CO)O[C@H]3C=C[C@@]3(C)O[C@@H]3[C@H]2OC1=O. The molecule has 2 saturated heterocycles. The van der Waals surface area contributed by atoms with Crippen LogP contribution in [0, 0.1) is 5.92 Å². The van der Waals surface area contributed by atoms with Gasteiger partial charge in [0.15, 0.2) is 6.10 Å². The summed E-state index contributed by atoms with van der Waals surface area (Å²) in [6.45, 7) is 5.90. The van der Waals surface area contributed by atoms with Crippen molar-refractivity contribution in [2.75, 3.05) is 13.2 Å². The van der Waals surface area contributed by atoms with E-state index >= 15 is 0 Å². The zero-order valence-electron chi connectivity index (χ0n) is 17.4. The Hall–Kier alpha value is -2.23. The Balaban J connectivity index is 1.78. The Morgan fingerprint density at radius 3 is 2.70 bits per heavy atom. The predicted molar refractivity (Wildman–Crippen MR) is 100.0 cm³/mol. The first kappa shape index (κ1) is 21.0. The molecule has 9 nitrogen and oxygen atoms in total. The highest BCUT2D eigenvalue weighted by atomic mass is 16.7. The quantitative estimate of drug-likeness (QED) is 0.293. The normalized spacial score (nSPS) is 38.9. The second kappa shape index (κ2) is 7.18. The molecule has 30 heavy (non-hydrogen) atoms. The van der Waals surface area contributed by atoms with Gasteiger partial charge in [0.05, 0.1) is 18.1 Å². The van der Waals surface area contributed by atoms with Crippen molar-refractivity contribution in [1.29, 1.82) is 0 Å². The maximum absolute atomic E-state index is 12.7. The third-order valence-electron chi connectivity index (χ3n) is 6.02. The topological polar surface area (TPSA) is 124 Å². The molecule has 1 aliphatic carbocycles. The number of carbonyl (C=O) groups excluding carboxylic acids is 3. The maximum Gasteiger partial charge on any atom is 0.338 e. The number of hydrogen-bond acceptors (Lipinski definition) is 9. The molecule has 0 aromatic carbocycles. The standard InChI is InChI=1S/C21H26O9/c1-10(2)18(24)27-13-7-21(9-22)14(29-21)5-6-20(4)17(30-20)16-15(13)12(19(25)28-16)8-26-11(3)23/h5-6,10,13-14,16-17,22H,7-9H2,1-4H3/t13?,14-,16-,17+,20+,21-/m0/s1. The summed E-state index contributed by atoms with van der Waals surface area (Å²) in [7, 11) is 0. The fourth-order valence-electron chi connectivity index (χ4n) is 4.07. The molecule has 0 aromatic heterocycles. The molecule has 0 aromatic rings. The second-order valence-corrected chi connectivity index (χ2v) is 8.67. The average Bonchev–Trinajstić information content (AvgIpc) is 3.52. The first-order chi connectivity index (χ1) is 14.1. The molecule has 0 spiro atoms. The van der Waals surface area contributed by atoms with Crippen LogP contribution in [0.3, 0.4) is 0 Å². The number of aliphatic hydroxyl groups is 1. The average molecular weight is 422 g/mol.